The molecule has 4 rings (SSSR count). The summed E-state index contributed by atoms with van der Waals surface area (Å²) in [4.78, 5) is 31.8. The lowest BCUT2D eigenvalue weighted by Gasteiger charge is -2.32. The highest BCUT2D eigenvalue weighted by molar-refractivity contribution is 6.15. The Bertz CT molecular complexity index is 1250. The molecule has 0 spiro atoms. The molecule has 178 valence electrons. The van der Waals surface area contributed by atoms with Gasteiger partial charge >= 0.3 is 6.18 Å². The highest BCUT2D eigenvalue weighted by Crippen LogP contribution is 2.36. The number of hydrogen-bond acceptors (Lipinski definition) is 5. The van der Waals surface area contributed by atoms with Crippen molar-refractivity contribution in [2.24, 2.45) is 0 Å². The molecule has 8 nitrogen and oxygen atoms in total. The number of methoxy groups -OCH3 is 1. The van der Waals surface area contributed by atoms with Gasteiger partial charge in [0.15, 0.2) is 0 Å². The second-order valence-corrected chi connectivity index (χ2v) is 8.03. The number of halogens is 3. The van der Waals surface area contributed by atoms with Crippen LogP contribution in [0.4, 0.5) is 24.5 Å². The molecule has 0 saturated heterocycles. The van der Waals surface area contributed by atoms with E-state index >= 15 is 0 Å². The van der Waals surface area contributed by atoms with Gasteiger partial charge in [-0.1, -0.05) is 0 Å². The molecule has 0 unspecified atom stereocenters. The number of fused-ring (bicyclic) bond motifs is 1. The number of alkyl halides is 3. The highest BCUT2D eigenvalue weighted by atomic mass is 19.4. The lowest BCUT2D eigenvalue weighted by atomic mass is 10.0. The number of nitrogens with one attached hydrogen (secondary N) is 1. The first kappa shape index (κ1) is 23.4. The molecule has 0 radical (unpaired) electrons. The van der Waals surface area contributed by atoms with E-state index in [1.165, 1.54) is 35.0 Å². The van der Waals surface area contributed by atoms with Gasteiger partial charge in [0.2, 0.25) is 0 Å². The molecule has 0 aliphatic carbocycles. The van der Waals surface area contributed by atoms with Crippen LogP contribution in [0.5, 0.6) is 0 Å². The maximum atomic E-state index is 13.4. The molecular weight excluding hydrogens is 451 g/mol. The van der Waals surface area contributed by atoms with Crippen molar-refractivity contribution in [1.82, 2.24) is 14.8 Å². The van der Waals surface area contributed by atoms with Crippen LogP contribution in [0.2, 0.25) is 0 Å². The maximum Gasteiger partial charge on any atom is 0.416 e. The monoisotopic (exact) mass is 473 g/mol. The lowest BCUT2D eigenvalue weighted by Crippen LogP contribution is -2.43. The molecule has 0 saturated carbocycles. The van der Waals surface area contributed by atoms with Crippen molar-refractivity contribution in [1.29, 1.82) is 0 Å². The number of carbonyl (C=O) groups is 2. The predicted molar refractivity (Wildman–Crippen MR) is 118 cm³/mol. The number of rotatable bonds is 5. The second-order valence-electron chi connectivity index (χ2n) is 8.03. The van der Waals surface area contributed by atoms with Crippen molar-refractivity contribution in [3.63, 3.8) is 0 Å². The lowest BCUT2D eigenvalue weighted by molar-refractivity contribution is -0.138. The summed E-state index contributed by atoms with van der Waals surface area (Å²) in [6.07, 6.45) is -1.68. The smallest absolute Gasteiger partial charge is 0.380 e. The van der Waals surface area contributed by atoms with E-state index in [0.29, 0.717) is 11.4 Å². The molecule has 1 atom stereocenters. The first-order valence-electron chi connectivity index (χ1n) is 10.4. The summed E-state index contributed by atoms with van der Waals surface area (Å²) < 4.78 is 46.6. The minimum atomic E-state index is -4.55. The number of ether oxygens (including phenoxy) is 1. The molecule has 2 amide bonds. The van der Waals surface area contributed by atoms with Crippen molar-refractivity contribution in [3.8, 4) is 0 Å². The number of benzene rings is 1. The van der Waals surface area contributed by atoms with Gasteiger partial charge in [-0.3, -0.25) is 19.3 Å². The van der Waals surface area contributed by atoms with E-state index in [4.69, 9.17) is 4.74 Å². The van der Waals surface area contributed by atoms with Gasteiger partial charge in [0.05, 0.1) is 30.0 Å². The van der Waals surface area contributed by atoms with Crippen molar-refractivity contribution < 1.29 is 27.5 Å². The molecule has 0 bridgehead atoms. The van der Waals surface area contributed by atoms with Crippen LogP contribution in [0.15, 0.2) is 42.7 Å². The average molecular weight is 473 g/mol. The zero-order valence-corrected chi connectivity index (χ0v) is 18.7. The first-order chi connectivity index (χ1) is 16.1. The van der Waals surface area contributed by atoms with E-state index in [-0.39, 0.29) is 41.7 Å². The Morgan fingerprint density at radius 3 is 2.71 bits per heavy atom. The molecule has 2 aromatic heterocycles. The third kappa shape index (κ3) is 4.38. The highest BCUT2D eigenvalue weighted by Gasteiger charge is 2.37. The quantitative estimate of drug-likeness (QED) is 0.599. The maximum absolute atomic E-state index is 13.4. The molecular formula is C23H22F3N5O3. The van der Waals surface area contributed by atoms with Crippen LogP contribution >= 0.6 is 0 Å². The van der Waals surface area contributed by atoms with Gasteiger partial charge in [0.25, 0.3) is 11.8 Å². The molecule has 1 N–H and O–H groups in total. The number of carbonyl (C=O) groups excluding carboxylic acids is 2. The van der Waals surface area contributed by atoms with Crippen LogP contribution in [0.1, 0.15) is 50.6 Å². The van der Waals surface area contributed by atoms with Gasteiger partial charge < -0.3 is 15.0 Å². The Balaban J connectivity index is 1.69. The molecule has 1 aliphatic heterocycles. The fourth-order valence-corrected chi connectivity index (χ4v) is 3.97. The van der Waals surface area contributed by atoms with Gasteiger partial charge in [-0.05, 0) is 49.7 Å². The molecule has 0 fully saturated rings. The minimum Gasteiger partial charge on any atom is -0.380 e. The van der Waals surface area contributed by atoms with Crippen LogP contribution in [0, 0.1) is 6.92 Å². The Hall–Kier alpha value is -3.73. The summed E-state index contributed by atoms with van der Waals surface area (Å²) in [6.45, 7) is 3.50. The number of anilines is 2. The summed E-state index contributed by atoms with van der Waals surface area (Å²) in [6, 6.07) is 6.47. The van der Waals surface area contributed by atoms with Gasteiger partial charge in [-0.25, -0.2) is 0 Å². The molecule has 1 aliphatic rings. The van der Waals surface area contributed by atoms with Crippen molar-refractivity contribution >= 4 is 23.2 Å². The van der Waals surface area contributed by atoms with Gasteiger partial charge in [-0.15, -0.1) is 0 Å². The zero-order chi connectivity index (χ0) is 24.6. The molecule has 3 heterocycles. The van der Waals surface area contributed by atoms with Crippen molar-refractivity contribution in [2.75, 3.05) is 23.9 Å². The molecule has 1 aromatic carbocycles. The Morgan fingerprint density at radius 1 is 1.26 bits per heavy atom. The second kappa shape index (κ2) is 8.90. The first-order valence-corrected chi connectivity index (χ1v) is 10.4. The zero-order valence-electron chi connectivity index (χ0n) is 18.7. The SMILES string of the molecule is COCc1cc(N2C[C@H](C)n3ncc(C(=O)Nc4ccnc(C)c4)c3C2=O)ccc1C(F)(F)F. The fraction of sp³-hybridized carbons (Fsp3) is 0.304. The summed E-state index contributed by atoms with van der Waals surface area (Å²) in [5.41, 5.74) is 0.722. The van der Waals surface area contributed by atoms with Crippen molar-refractivity contribution in [2.45, 2.75) is 32.7 Å². The number of hydrogen-bond donors (Lipinski definition) is 1. The van der Waals surface area contributed by atoms with Crippen LogP contribution < -0.4 is 10.2 Å². The summed E-state index contributed by atoms with van der Waals surface area (Å²) in [7, 11) is 1.30. The van der Waals surface area contributed by atoms with Crippen LogP contribution in [-0.4, -0.2) is 40.2 Å². The number of nitrogens with zero attached hydrogens (tertiary/aromatic N) is 4. The Kier molecular flexibility index (Phi) is 6.13. The summed E-state index contributed by atoms with van der Waals surface area (Å²) in [5.74, 6) is -1.06. The standard InChI is InChI=1S/C23H22F3N5O3/c1-13-8-16(6-7-27-13)29-21(32)18-10-28-31-14(2)11-30(22(33)20(18)31)17-4-5-19(23(24,25)26)15(9-17)12-34-3/h4-10,14H,11-12H2,1-3H3,(H,27,29,32)/t14-/m0/s1. The van der Waals surface area contributed by atoms with Crippen molar-refractivity contribution in [3.05, 3.63) is 70.8 Å². The van der Waals surface area contributed by atoms with Crippen LogP contribution in [0.25, 0.3) is 0 Å². The fourth-order valence-electron chi connectivity index (χ4n) is 3.97. The average Bonchev–Trinajstić information content (AvgIpc) is 3.22. The third-order valence-electron chi connectivity index (χ3n) is 5.51. The largest absolute Gasteiger partial charge is 0.416 e. The number of aryl methyl sites for hydroxylation is 1. The number of amides is 2. The van der Waals surface area contributed by atoms with Crippen LogP contribution in [0.3, 0.4) is 0 Å². The van der Waals surface area contributed by atoms with E-state index in [1.54, 1.807) is 25.3 Å². The normalized spacial score (nSPS) is 15.9. The third-order valence-corrected chi connectivity index (χ3v) is 5.51. The minimum absolute atomic E-state index is 0.0650. The van der Waals surface area contributed by atoms with E-state index in [2.05, 4.69) is 15.4 Å². The number of pyridine rings is 1. The van der Waals surface area contributed by atoms with E-state index in [9.17, 15) is 22.8 Å². The molecule has 3 aromatic rings. The summed E-state index contributed by atoms with van der Waals surface area (Å²) >= 11 is 0. The molecule has 34 heavy (non-hydrogen) atoms. The van der Waals surface area contributed by atoms with E-state index < -0.39 is 23.6 Å². The van der Waals surface area contributed by atoms with Gasteiger partial charge in [0.1, 0.15) is 5.69 Å². The van der Waals surface area contributed by atoms with Crippen LogP contribution in [-0.2, 0) is 17.5 Å². The van der Waals surface area contributed by atoms with Gasteiger partial charge in [-0.2, -0.15) is 18.3 Å². The van der Waals surface area contributed by atoms with Gasteiger partial charge in [0, 0.05) is 36.9 Å². The Morgan fingerprint density at radius 2 is 2.03 bits per heavy atom. The predicted octanol–water partition coefficient (Wildman–Crippen LogP) is 4.23. The number of aromatic nitrogens is 3. The Labute approximate surface area is 193 Å². The van der Waals surface area contributed by atoms with E-state index in [1.807, 2.05) is 6.92 Å². The molecule has 11 heteroatoms. The summed E-state index contributed by atoms with van der Waals surface area (Å²) in [5, 5.41) is 6.95. The topological polar surface area (TPSA) is 89.3 Å². The van der Waals surface area contributed by atoms with E-state index in [0.717, 1.165) is 6.07 Å².